The molecular formula is C15H26N4O. The van der Waals surface area contributed by atoms with Gasteiger partial charge in [0, 0.05) is 37.3 Å². The summed E-state index contributed by atoms with van der Waals surface area (Å²) in [7, 11) is 0. The third-order valence-electron chi connectivity index (χ3n) is 4.04. The Kier molecular flexibility index (Phi) is 5.59. The number of H-pyrrole nitrogens is 1. The van der Waals surface area contributed by atoms with E-state index in [-0.39, 0.29) is 0 Å². The third kappa shape index (κ3) is 4.07. The average Bonchev–Trinajstić information content (AvgIpc) is 2.63. The van der Waals surface area contributed by atoms with Crippen molar-refractivity contribution < 1.29 is 4.79 Å². The van der Waals surface area contributed by atoms with E-state index in [1.54, 1.807) is 0 Å². The monoisotopic (exact) mass is 278 g/mol. The first-order valence-corrected chi connectivity index (χ1v) is 7.67. The van der Waals surface area contributed by atoms with E-state index in [1.165, 1.54) is 12.0 Å². The summed E-state index contributed by atoms with van der Waals surface area (Å²) in [6.07, 6.45) is 5.17. The molecule has 5 nitrogen and oxygen atoms in total. The van der Waals surface area contributed by atoms with E-state index in [0.29, 0.717) is 5.91 Å². The summed E-state index contributed by atoms with van der Waals surface area (Å²) in [6, 6.07) is 0. The van der Waals surface area contributed by atoms with Crippen molar-refractivity contribution in [3.8, 4) is 0 Å². The number of carbonyl (C=O) groups is 1. The number of nitrogens with zero attached hydrogens (tertiary/aromatic N) is 2. The Morgan fingerprint density at radius 2 is 2.15 bits per heavy atom. The molecule has 0 radical (unpaired) electrons. The fourth-order valence-electron chi connectivity index (χ4n) is 2.72. The zero-order valence-corrected chi connectivity index (χ0v) is 12.7. The Balaban J connectivity index is 1.65. The molecule has 1 fully saturated rings. The molecule has 1 aliphatic rings. The Bertz CT molecular complexity index is 422. The molecule has 0 unspecified atom stereocenters. The van der Waals surface area contributed by atoms with E-state index in [2.05, 4.69) is 15.5 Å². The van der Waals surface area contributed by atoms with E-state index < -0.39 is 0 Å². The number of aryl methyl sites for hydroxylation is 2. The molecule has 0 spiro atoms. The van der Waals surface area contributed by atoms with Crippen LogP contribution >= 0.6 is 0 Å². The van der Waals surface area contributed by atoms with E-state index in [4.69, 9.17) is 0 Å². The molecule has 0 atom stereocenters. The van der Waals surface area contributed by atoms with E-state index in [9.17, 15) is 4.79 Å². The molecule has 0 saturated carbocycles. The van der Waals surface area contributed by atoms with Crippen LogP contribution in [0.25, 0.3) is 0 Å². The SMILES string of the molecule is Cc1n[nH]c(C)c1CNCCCN1CCCCCC1=O. The van der Waals surface area contributed by atoms with Gasteiger partial charge in [-0.2, -0.15) is 5.10 Å². The van der Waals surface area contributed by atoms with Gasteiger partial charge in [0.15, 0.2) is 0 Å². The van der Waals surface area contributed by atoms with Crippen molar-refractivity contribution >= 4 is 5.91 Å². The lowest BCUT2D eigenvalue weighted by molar-refractivity contribution is -0.130. The normalized spacial score (nSPS) is 16.5. The summed E-state index contributed by atoms with van der Waals surface area (Å²) in [5.41, 5.74) is 3.46. The summed E-state index contributed by atoms with van der Waals surface area (Å²) >= 11 is 0. The van der Waals surface area contributed by atoms with Crippen LogP contribution in [0.2, 0.25) is 0 Å². The molecule has 2 heterocycles. The lowest BCUT2D eigenvalue weighted by Gasteiger charge is -2.20. The maximum Gasteiger partial charge on any atom is 0.222 e. The molecule has 20 heavy (non-hydrogen) atoms. The Morgan fingerprint density at radius 3 is 2.90 bits per heavy atom. The van der Waals surface area contributed by atoms with Gasteiger partial charge in [-0.15, -0.1) is 0 Å². The van der Waals surface area contributed by atoms with E-state index in [1.807, 2.05) is 18.7 Å². The second-order valence-corrected chi connectivity index (χ2v) is 5.63. The van der Waals surface area contributed by atoms with Gasteiger partial charge in [-0.25, -0.2) is 0 Å². The third-order valence-corrected chi connectivity index (χ3v) is 4.04. The van der Waals surface area contributed by atoms with Crippen LogP contribution in [-0.2, 0) is 11.3 Å². The van der Waals surface area contributed by atoms with Crippen molar-refractivity contribution in [3.05, 3.63) is 17.0 Å². The lowest BCUT2D eigenvalue weighted by atomic mass is 10.2. The molecular weight excluding hydrogens is 252 g/mol. The van der Waals surface area contributed by atoms with Crippen LogP contribution in [-0.4, -0.2) is 40.6 Å². The number of hydrogen-bond acceptors (Lipinski definition) is 3. The lowest BCUT2D eigenvalue weighted by Crippen LogP contribution is -2.32. The number of amides is 1. The minimum atomic E-state index is 0.337. The molecule has 1 amide bonds. The van der Waals surface area contributed by atoms with E-state index >= 15 is 0 Å². The fraction of sp³-hybridized carbons (Fsp3) is 0.733. The van der Waals surface area contributed by atoms with Crippen molar-refractivity contribution in [1.29, 1.82) is 0 Å². The summed E-state index contributed by atoms with van der Waals surface area (Å²) in [6.45, 7) is 7.69. The summed E-state index contributed by atoms with van der Waals surface area (Å²) in [4.78, 5) is 13.9. The number of carbonyl (C=O) groups excluding carboxylic acids is 1. The second kappa shape index (κ2) is 7.43. The number of hydrogen-bond donors (Lipinski definition) is 2. The van der Waals surface area contributed by atoms with Gasteiger partial charge in [0.2, 0.25) is 5.91 Å². The summed E-state index contributed by atoms with van der Waals surface area (Å²) < 4.78 is 0. The zero-order valence-electron chi connectivity index (χ0n) is 12.7. The Hall–Kier alpha value is -1.36. The van der Waals surface area contributed by atoms with Crippen LogP contribution in [0.5, 0.6) is 0 Å². The van der Waals surface area contributed by atoms with Crippen molar-refractivity contribution in [2.75, 3.05) is 19.6 Å². The Labute approximate surface area is 121 Å². The highest BCUT2D eigenvalue weighted by Gasteiger charge is 2.15. The molecule has 0 aliphatic carbocycles. The summed E-state index contributed by atoms with van der Waals surface area (Å²) in [5.74, 6) is 0.337. The highest BCUT2D eigenvalue weighted by molar-refractivity contribution is 5.76. The number of aromatic amines is 1. The van der Waals surface area contributed by atoms with Gasteiger partial charge in [0.25, 0.3) is 0 Å². The maximum absolute atomic E-state index is 11.8. The molecule has 2 rings (SSSR count). The van der Waals surface area contributed by atoms with Crippen LogP contribution < -0.4 is 5.32 Å². The van der Waals surface area contributed by atoms with Gasteiger partial charge in [-0.05, 0) is 39.7 Å². The highest BCUT2D eigenvalue weighted by Crippen LogP contribution is 2.11. The van der Waals surface area contributed by atoms with Crippen LogP contribution in [0.4, 0.5) is 0 Å². The van der Waals surface area contributed by atoms with Crippen molar-refractivity contribution in [2.24, 2.45) is 0 Å². The van der Waals surface area contributed by atoms with Crippen LogP contribution in [0.15, 0.2) is 0 Å². The number of rotatable bonds is 6. The zero-order chi connectivity index (χ0) is 14.4. The molecule has 5 heteroatoms. The molecule has 2 N–H and O–H groups in total. The van der Waals surface area contributed by atoms with E-state index in [0.717, 1.165) is 63.3 Å². The topological polar surface area (TPSA) is 61.0 Å². The highest BCUT2D eigenvalue weighted by atomic mass is 16.2. The molecule has 1 aromatic rings. The van der Waals surface area contributed by atoms with Crippen LogP contribution in [0.1, 0.15) is 49.1 Å². The average molecular weight is 278 g/mol. The predicted octanol–water partition coefficient (Wildman–Crippen LogP) is 1.91. The first kappa shape index (κ1) is 15.0. The second-order valence-electron chi connectivity index (χ2n) is 5.63. The number of nitrogens with one attached hydrogen (secondary N) is 2. The predicted molar refractivity (Wildman–Crippen MR) is 79.4 cm³/mol. The van der Waals surface area contributed by atoms with Crippen LogP contribution in [0, 0.1) is 13.8 Å². The maximum atomic E-state index is 11.8. The minimum Gasteiger partial charge on any atom is -0.343 e. The van der Waals surface area contributed by atoms with Crippen molar-refractivity contribution in [3.63, 3.8) is 0 Å². The molecule has 0 aromatic carbocycles. The van der Waals surface area contributed by atoms with Gasteiger partial charge in [-0.1, -0.05) is 6.42 Å². The largest absolute Gasteiger partial charge is 0.343 e. The minimum absolute atomic E-state index is 0.337. The molecule has 1 aliphatic heterocycles. The van der Waals surface area contributed by atoms with Gasteiger partial charge in [0.05, 0.1) is 5.69 Å². The van der Waals surface area contributed by atoms with Gasteiger partial charge in [-0.3, -0.25) is 9.89 Å². The smallest absolute Gasteiger partial charge is 0.222 e. The quantitative estimate of drug-likeness (QED) is 0.781. The molecule has 0 bridgehead atoms. The number of likely N-dealkylation sites (tertiary alicyclic amines) is 1. The number of aromatic nitrogens is 2. The molecule has 1 saturated heterocycles. The Morgan fingerprint density at radius 1 is 1.30 bits per heavy atom. The van der Waals surface area contributed by atoms with Gasteiger partial charge in [0.1, 0.15) is 0 Å². The van der Waals surface area contributed by atoms with Gasteiger partial charge < -0.3 is 10.2 Å². The van der Waals surface area contributed by atoms with Gasteiger partial charge >= 0.3 is 0 Å². The summed E-state index contributed by atoms with van der Waals surface area (Å²) in [5, 5.41) is 10.6. The molecule has 112 valence electrons. The first-order chi connectivity index (χ1) is 9.68. The van der Waals surface area contributed by atoms with Crippen molar-refractivity contribution in [2.45, 2.75) is 52.5 Å². The van der Waals surface area contributed by atoms with Crippen molar-refractivity contribution in [1.82, 2.24) is 20.4 Å². The van der Waals surface area contributed by atoms with Crippen LogP contribution in [0.3, 0.4) is 0 Å². The molecule has 1 aromatic heterocycles. The fourth-order valence-corrected chi connectivity index (χ4v) is 2.72. The first-order valence-electron chi connectivity index (χ1n) is 7.67. The standard InChI is InChI=1S/C15H26N4O/c1-12-14(13(2)18-17-12)11-16-8-6-10-19-9-5-3-4-7-15(19)20/h16H,3-11H2,1-2H3,(H,17,18).